The number of nitrogens with zero attached hydrogens (tertiary/aromatic N) is 7. The fourth-order valence-electron chi connectivity index (χ4n) is 7.26. The van der Waals surface area contributed by atoms with Gasteiger partial charge in [0.05, 0.1) is 45.6 Å². The molecular weight excluding hydrogens is 735 g/mol. The van der Waals surface area contributed by atoms with Crippen molar-refractivity contribution in [1.82, 2.24) is 34.9 Å². The van der Waals surface area contributed by atoms with Gasteiger partial charge in [-0.3, -0.25) is 9.97 Å². The third-order valence-electron chi connectivity index (χ3n) is 10.2. The van der Waals surface area contributed by atoms with E-state index >= 15 is 0 Å². The molecular formula is C53H35N7. The smallest absolute Gasteiger partial charge is 0.160 e. The van der Waals surface area contributed by atoms with E-state index in [0.29, 0.717) is 23.0 Å². The van der Waals surface area contributed by atoms with Gasteiger partial charge in [0.15, 0.2) is 11.6 Å². The molecule has 0 fully saturated rings. The van der Waals surface area contributed by atoms with Gasteiger partial charge in [0.25, 0.3) is 0 Å². The second-order valence-corrected chi connectivity index (χ2v) is 14.2. The molecule has 0 atom stereocenters. The molecule has 0 aliphatic heterocycles. The van der Waals surface area contributed by atoms with Crippen LogP contribution in [0.3, 0.4) is 0 Å². The summed E-state index contributed by atoms with van der Waals surface area (Å²) >= 11 is 0. The van der Waals surface area contributed by atoms with Gasteiger partial charge < -0.3 is 0 Å². The van der Waals surface area contributed by atoms with Gasteiger partial charge in [-0.2, -0.15) is 0 Å². The lowest BCUT2D eigenvalue weighted by atomic mass is 9.97. The van der Waals surface area contributed by atoms with Crippen molar-refractivity contribution in [3.8, 4) is 102 Å². The number of pyridine rings is 3. The first-order valence-electron chi connectivity index (χ1n) is 19.7. The second kappa shape index (κ2) is 16.3. The molecule has 0 N–H and O–H groups in total. The topological polar surface area (TPSA) is 90.2 Å². The standard InChI is InChI=1S/C53H35N7/c1-5-17-36(18-6-1)45-34-47(59-52(57-45)38-21-9-3-10-22-38)41-26-15-25-40(31-41)42-32-49(44-28-13-14-29-54-44)56-50(33-42)51-43(27-16-30-55-51)48-35-46(37-19-7-2-8-20-37)58-53(60-48)39-23-11-4-12-24-39/h1-35H. The normalized spacial score (nSPS) is 11.0. The fraction of sp³-hybridized carbons (Fsp3) is 0. The summed E-state index contributed by atoms with van der Waals surface area (Å²) in [5, 5.41) is 0. The molecule has 10 rings (SSSR count). The highest BCUT2D eigenvalue weighted by Gasteiger charge is 2.19. The maximum atomic E-state index is 5.23. The first kappa shape index (κ1) is 36.1. The molecule has 7 heteroatoms. The van der Waals surface area contributed by atoms with Gasteiger partial charge in [-0.05, 0) is 65.7 Å². The Labute approximate surface area is 347 Å². The van der Waals surface area contributed by atoms with Gasteiger partial charge >= 0.3 is 0 Å². The number of hydrogen-bond acceptors (Lipinski definition) is 7. The molecule has 0 saturated heterocycles. The van der Waals surface area contributed by atoms with Crippen LogP contribution in [0.5, 0.6) is 0 Å². The predicted octanol–water partition coefficient (Wildman–Crippen LogP) is 12.5. The monoisotopic (exact) mass is 769 g/mol. The van der Waals surface area contributed by atoms with Crippen LogP contribution in [0.1, 0.15) is 0 Å². The highest BCUT2D eigenvalue weighted by Crippen LogP contribution is 2.37. The molecule has 0 radical (unpaired) electrons. The molecule has 5 heterocycles. The summed E-state index contributed by atoms with van der Waals surface area (Å²) in [5.74, 6) is 1.30. The largest absolute Gasteiger partial charge is 0.255 e. The van der Waals surface area contributed by atoms with E-state index in [4.69, 9.17) is 34.9 Å². The Morgan fingerprint density at radius 3 is 1.32 bits per heavy atom. The summed E-state index contributed by atoms with van der Waals surface area (Å²) in [5.41, 5.74) is 13.7. The highest BCUT2D eigenvalue weighted by atomic mass is 14.9. The van der Waals surface area contributed by atoms with Gasteiger partial charge in [-0.1, -0.05) is 146 Å². The lowest BCUT2D eigenvalue weighted by Crippen LogP contribution is -1.99. The zero-order chi connectivity index (χ0) is 40.1. The van der Waals surface area contributed by atoms with Gasteiger partial charge in [0.2, 0.25) is 0 Å². The third kappa shape index (κ3) is 7.58. The van der Waals surface area contributed by atoms with Crippen LogP contribution in [0.15, 0.2) is 213 Å². The van der Waals surface area contributed by atoms with Crippen LogP contribution < -0.4 is 0 Å². The van der Waals surface area contributed by atoms with Crippen LogP contribution in [0.2, 0.25) is 0 Å². The molecule has 5 aromatic heterocycles. The molecule has 10 aromatic rings. The molecule has 0 spiro atoms. The van der Waals surface area contributed by atoms with E-state index < -0.39 is 0 Å². The molecule has 5 aromatic carbocycles. The summed E-state index contributed by atoms with van der Waals surface area (Å²) < 4.78 is 0. The Kier molecular flexibility index (Phi) is 9.79. The van der Waals surface area contributed by atoms with Crippen molar-refractivity contribution in [3.05, 3.63) is 213 Å². The highest BCUT2D eigenvalue weighted by molar-refractivity contribution is 5.85. The van der Waals surface area contributed by atoms with E-state index in [9.17, 15) is 0 Å². The zero-order valence-corrected chi connectivity index (χ0v) is 32.3. The van der Waals surface area contributed by atoms with Crippen LogP contribution in [0, 0.1) is 0 Å². The maximum absolute atomic E-state index is 5.23. The number of aromatic nitrogens is 7. The van der Waals surface area contributed by atoms with E-state index in [1.807, 2.05) is 133 Å². The van der Waals surface area contributed by atoms with Crippen LogP contribution in [-0.2, 0) is 0 Å². The zero-order valence-electron chi connectivity index (χ0n) is 32.3. The van der Waals surface area contributed by atoms with E-state index in [2.05, 4.69) is 66.7 Å². The Balaban J connectivity index is 1.13. The van der Waals surface area contributed by atoms with Crippen molar-refractivity contribution in [2.45, 2.75) is 0 Å². The molecule has 0 unspecified atom stereocenters. The van der Waals surface area contributed by atoms with Crippen molar-refractivity contribution in [2.75, 3.05) is 0 Å². The first-order chi connectivity index (χ1) is 29.7. The summed E-state index contributed by atoms with van der Waals surface area (Å²) in [4.78, 5) is 35.2. The lowest BCUT2D eigenvalue weighted by molar-refractivity contribution is 1.17. The average Bonchev–Trinajstić information content (AvgIpc) is 3.35. The van der Waals surface area contributed by atoms with Crippen LogP contribution >= 0.6 is 0 Å². The van der Waals surface area contributed by atoms with E-state index in [1.54, 1.807) is 12.4 Å². The van der Waals surface area contributed by atoms with Gasteiger partial charge in [-0.15, -0.1) is 0 Å². The summed E-state index contributed by atoms with van der Waals surface area (Å²) in [6.45, 7) is 0. The predicted molar refractivity (Wildman–Crippen MR) is 240 cm³/mol. The summed E-state index contributed by atoms with van der Waals surface area (Å²) in [6.07, 6.45) is 3.59. The van der Waals surface area contributed by atoms with Crippen LogP contribution in [-0.4, -0.2) is 34.9 Å². The van der Waals surface area contributed by atoms with Crippen molar-refractivity contribution in [1.29, 1.82) is 0 Å². The molecule has 0 aliphatic carbocycles. The molecule has 7 nitrogen and oxygen atoms in total. The van der Waals surface area contributed by atoms with Gasteiger partial charge in [0, 0.05) is 45.8 Å². The number of rotatable bonds is 9. The minimum Gasteiger partial charge on any atom is -0.255 e. The first-order valence-corrected chi connectivity index (χ1v) is 19.7. The van der Waals surface area contributed by atoms with Crippen molar-refractivity contribution in [3.63, 3.8) is 0 Å². The summed E-state index contributed by atoms with van der Waals surface area (Å²) in [6, 6.07) is 67.2. The molecule has 0 saturated carbocycles. The molecule has 0 bridgehead atoms. The van der Waals surface area contributed by atoms with Crippen molar-refractivity contribution < 1.29 is 0 Å². The Morgan fingerprint density at radius 2 is 0.717 bits per heavy atom. The van der Waals surface area contributed by atoms with Gasteiger partial charge in [-0.25, -0.2) is 24.9 Å². The quantitative estimate of drug-likeness (QED) is 0.144. The molecule has 282 valence electrons. The minimum absolute atomic E-state index is 0.630. The van der Waals surface area contributed by atoms with Gasteiger partial charge in [0.1, 0.15) is 0 Å². The maximum Gasteiger partial charge on any atom is 0.160 e. The van der Waals surface area contributed by atoms with Crippen molar-refractivity contribution in [2.24, 2.45) is 0 Å². The molecule has 0 aliphatic rings. The average molecular weight is 770 g/mol. The summed E-state index contributed by atoms with van der Waals surface area (Å²) in [7, 11) is 0. The number of hydrogen-bond donors (Lipinski definition) is 0. The van der Waals surface area contributed by atoms with E-state index in [1.165, 1.54) is 0 Å². The molecule has 60 heavy (non-hydrogen) atoms. The molecule has 0 amide bonds. The Bertz CT molecular complexity index is 2950. The van der Waals surface area contributed by atoms with Crippen LogP contribution in [0.25, 0.3) is 102 Å². The minimum atomic E-state index is 0.630. The van der Waals surface area contributed by atoms with Crippen molar-refractivity contribution >= 4 is 0 Å². The SMILES string of the molecule is c1ccc(-c2cc(-c3cccc(-c4cc(-c5ccccn5)nc(-c5ncccc5-c5cc(-c6ccccc6)nc(-c6ccccc6)n5)c4)c3)nc(-c3ccccc3)n2)cc1. The lowest BCUT2D eigenvalue weighted by Gasteiger charge is -2.14. The fourth-order valence-corrected chi connectivity index (χ4v) is 7.26. The Hall–Kier alpha value is -8.29. The number of benzene rings is 5. The second-order valence-electron chi connectivity index (χ2n) is 14.2. The van der Waals surface area contributed by atoms with E-state index in [0.717, 1.165) is 78.7 Å². The van der Waals surface area contributed by atoms with Crippen LogP contribution in [0.4, 0.5) is 0 Å². The van der Waals surface area contributed by atoms with E-state index in [-0.39, 0.29) is 0 Å². The third-order valence-corrected chi connectivity index (χ3v) is 10.2. The Morgan fingerprint density at radius 1 is 0.233 bits per heavy atom.